The smallest absolute Gasteiger partial charge is 0.350 e. The van der Waals surface area contributed by atoms with E-state index in [1.807, 2.05) is 0 Å². The van der Waals surface area contributed by atoms with Gasteiger partial charge in [0.25, 0.3) is 11.8 Å². The van der Waals surface area contributed by atoms with E-state index >= 15 is 9.59 Å². The second-order valence-corrected chi connectivity index (χ2v) is 20.3. The number of hydrogen-bond acceptors (Lipinski definition) is 16. The van der Waals surface area contributed by atoms with E-state index in [4.69, 9.17) is 23.7 Å². The lowest BCUT2D eigenvalue weighted by atomic mass is 9.44. The number of amides is 3. The first-order valence-electron chi connectivity index (χ1n) is 24.7. The van der Waals surface area contributed by atoms with Crippen LogP contribution in [0.4, 0.5) is 8.78 Å². The Morgan fingerprint density at radius 2 is 1.42 bits per heavy atom. The predicted molar refractivity (Wildman–Crippen MR) is 264 cm³/mol. The summed E-state index contributed by atoms with van der Waals surface area (Å²) < 4.78 is 58.4. The standard InChI is InChI=1S/C56H57F2N3O16/c1-29-36(25-56(72)48(76-51(70)33-20-13-8-14-21-33)46-54(5,47(67)44(66)41(29)53(56,3)4)37(63)24-38-55(46,28-73-38)77-30(2)62)74-52(71)45(43(31-16-9-6-10-17-31)61-49(68)32-18-11-7-12-19-32)75-40(65)27-59-39(64)26-60-50(69)34-22-15-23-35(57)42(34)58/h6-23,36-38,43-46,48,63,66,72H,24-28H2,1-5H3,(H,59,64)(H,60,69)(H,61,68)/t36-,37-,38+,43-,44+,45+,46?,48-,54+,55-,56+/m0/s1. The van der Waals surface area contributed by atoms with E-state index in [9.17, 15) is 52.9 Å². The summed E-state index contributed by atoms with van der Waals surface area (Å²) in [6, 6.07) is 24.5. The lowest BCUT2D eigenvalue weighted by Crippen LogP contribution is -2.81. The third-order valence-electron chi connectivity index (χ3n) is 15.5. The fraction of sp³-hybridized carbons (Fsp3) is 0.393. The van der Waals surface area contributed by atoms with Crippen molar-refractivity contribution in [1.29, 1.82) is 0 Å². The maximum atomic E-state index is 15.3. The number of carbonyl (C=O) groups is 8. The lowest BCUT2D eigenvalue weighted by molar-refractivity contribution is -0.346. The van der Waals surface area contributed by atoms with Crippen molar-refractivity contribution in [3.05, 3.63) is 154 Å². The number of halogens is 2. The number of aliphatic hydroxyl groups excluding tert-OH is 2. The van der Waals surface area contributed by atoms with Crippen LogP contribution >= 0.6 is 0 Å². The van der Waals surface area contributed by atoms with Crippen LogP contribution in [0.1, 0.15) is 90.1 Å². The lowest BCUT2D eigenvalue weighted by Gasteiger charge is -2.67. The first kappa shape index (κ1) is 55.5. The molecule has 0 spiro atoms. The van der Waals surface area contributed by atoms with E-state index in [2.05, 4.69) is 16.0 Å². The highest BCUT2D eigenvalue weighted by Gasteiger charge is 2.78. The molecular weight excluding hydrogens is 1010 g/mol. The van der Waals surface area contributed by atoms with Crippen molar-refractivity contribution >= 4 is 47.4 Å². The van der Waals surface area contributed by atoms with Gasteiger partial charge in [0.05, 0.1) is 41.7 Å². The Bertz CT molecular complexity index is 3010. The molecule has 8 rings (SSSR count). The van der Waals surface area contributed by atoms with Crippen LogP contribution in [0.3, 0.4) is 0 Å². The molecule has 0 aromatic heterocycles. The van der Waals surface area contributed by atoms with Gasteiger partial charge >= 0.3 is 23.9 Å². The Labute approximate surface area is 440 Å². The topological polar surface area (TPSA) is 279 Å². The number of aliphatic hydroxyl groups is 3. The number of esters is 4. The van der Waals surface area contributed by atoms with Crippen molar-refractivity contribution in [1.82, 2.24) is 16.0 Å². The largest absolute Gasteiger partial charge is 0.455 e. The van der Waals surface area contributed by atoms with Gasteiger partial charge in [-0.05, 0) is 67.0 Å². The van der Waals surface area contributed by atoms with E-state index in [1.165, 1.54) is 64.1 Å². The van der Waals surface area contributed by atoms with Crippen LogP contribution in [0.25, 0.3) is 0 Å². The molecule has 2 saturated carbocycles. The van der Waals surface area contributed by atoms with Crippen molar-refractivity contribution in [2.45, 2.75) is 101 Å². The minimum Gasteiger partial charge on any atom is -0.455 e. The quantitative estimate of drug-likeness (QED) is 0.0564. The number of ketones is 1. The number of ether oxygens (including phenoxy) is 5. The molecule has 1 aliphatic heterocycles. The molecule has 3 amide bonds. The van der Waals surface area contributed by atoms with Crippen LogP contribution in [-0.2, 0) is 47.7 Å². The van der Waals surface area contributed by atoms with Gasteiger partial charge in [-0.3, -0.25) is 28.8 Å². The van der Waals surface area contributed by atoms with Crippen LogP contribution in [0, 0.1) is 28.4 Å². The van der Waals surface area contributed by atoms with Crippen molar-refractivity contribution in [3.8, 4) is 0 Å². The van der Waals surface area contributed by atoms with Crippen molar-refractivity contribution in [2.24, 2.45) is 16.7 Å². The van der Waals surface area contributed by atoms with Gasteiger partial charge in [-0.15, -0.1) is 0 Å². The molecule has 2 bridgehead atoms. The number of hydrogen-bond donors (Lipinski definition) is 6. The zero-order valence-electron chi connectivity index (χ0n) is 42.5. The van der Waals surface area contributed by atoms with Gasteiger partial charge in [0.2, 0.25) is 12.0 Å². The first-order valence-corrected chi connectivity index (χ1v) is 24.7. The SMILES string of the molecule is CC(=O)O[C@@]12CO[C@@H]1C[C@H](O)[C@@]1(C)C(=O)[C@H](O)C3=C(C)[C@@H](OC(=O)[C@H](OC(=O)CNC(=O)CNC(=O)c4cccc(F)c4F)[C@@H](NC(=O)c4ccccc4)c4ccccc4)C[C@@](O)([C@@H](OC(=O)c4ccccc4)C12)C3(C)C. The van der Waals surface area contributed by atoms with Crippen molar-refractivity contribution in [3.63, 3.8) is 0 Å². The van der Waals surface area contributed by atoms with Crippen LogP contribution in [0.2, 0.25) is 0 Å². The molecule has 1 unspecified atom stereocenters. The molecule has 21 heteroatoms. The Morgan fingerprint density at radius 3 is 2.03 bits per heavy atom. The molecule has 6 N–H and O–H groups in total. The molecular formula is C56H57F2N3O16. The molecule has 4 aliphatic rings. The summed E-state index contributed by atoms with van der Waals surface area (Å²) >= 11 is 0. The minimum absolute atomic E-state index is 0.00317. The van der Waals surface area contributed by atoms with Gasteiger partial charge < -0.3 is 55.0 Å². The fourth-order valence-electron chi connectivity index (χ4n) is 11.4. The minimum atomic E-state index is -2.53. The average Bonchev–Trinajstić information content (AvgIpc) is 3.41. The number of nitrogens with one attached hydrogen (secondary N) is 3. The molecule has 4 aromatic carbocycles. The van der Waals surface area contributed by atoms with Crippen LogP contribution < -0.4 is 16.0 Å². The van der Waals surface area contributed by atoms with E-state index in [1.54, 1.807) is 54.6 Å². The first-order chi connectivity index (χ1) is 36.5. The number of benzene rings is 4. The molecule has 0 radical (unpaired) electrons. The normalized spacial score (nSPS) is 27.7. The number of fused-ring (bicyclic) bond motifs is 5. The summed E-state index contributed by atoms with van der Waals surface area (Å²) in [7, 11) is 0. The van der Waals surface area contributed by atoms with E-state index in [-0.39, 0.29) is 40.9 Å². The molecule has 19 nitrogen and oxygen atoms in total. The number of rotatable bonds is 15. The van der Waals surface area contributed by atoms with Crippen LogP contribution in [0.5, 0.6) is 0 Å². The van der Waals surface area contributed by atoms with Crippen LogP contribution in [0.15, 0.2) is 120 Å². The van der Waals surface area contributed by atoms with Gasteiger partial charge in [0, 0.05) is 30.7 Å². The Morgan fingerprint density at radius 1 is 0.792 bits per heavy atom. The predicted octanol–water partition coefficient (Wildman–Crippen LogP) is 3.54. The van der Waals surface area contributed by atoms with E-state index in [0.717, 1.165) is 25.1 Å². The second kappa shape index (κ2) is 21.7. The summed E-state index contributed by atoms with van der Waals surface area (Å²) in [5.74, 6) is -12.8. The maximum Gasteiger partial charge on any atom is 0.350 e. The highest BCUT2D eigenvalue weighted by molar-refractivity contribution is 5.98. The van der Waals surface area contributed by atoms with Gasteiger partial charge in [-0.1, -0.05) is 86.6 Å². The van der Waals surface area contributed by atoms with Crippen molar-refractivity contribution in [2.75, 3.05) is 19.7 Å². The highest BCUT2D eigenvalue weighted by atomic mass is 19.2. The van der Waals surface area contributed by atoms with Gasteiger partial charge in [-0.25, -0.2) is 18.4 Å². The zero-order valence-corrected chi connectivity index (χ0v) is 42.5. The third kappa shape index (κ3) is 10.2. The molecule has 1 saturated heterocycles. The molecule has 3 fully saturated rings. The van der Waals surface area contributed by atoms with Gasteiger partial charge in [0.1, 0.15) is 42.6 Å². The molecule has 1 heterocycles. The summed E-state index contributed by atoms with van der Waals surface area (Å²) in [6.45, 7) is 4.66. The van der Waals surface area contributed by atoms with Crippen molar-refractivity contribution < 1.29 is 86.1 Å². The summed E-state index contributed by atoms with van der Waals surface area (Å²) in [4.78, 5) is 111. The fourth-order valence-corrected chi connectivity index (χ4v) is 11.4. The molecule has 406 valence electrons. The third-order valence-corrected chi connectivity index (χ3v) is 15.5. The Balaban J connectivity index is 1.18. The monoisotopic (exact) mass is 1070 g/mol. The average molecular weight is 1070 g/mol. The van der Waals surface area contributed by atoms with Gasteiger partial charge in [0.15, 0.2) is 23.0 Å². The molecule has 11 atom stereocenters. The number of carbonyl (C=O) groups excluding carboxylic acids is 8. The van der Waals surface area contributed by atoms with Crippen LogP contribution in [-0.4, -0.2) is 130 Å². The maximum absolute atomic E-state index is 15.3. The summed E-state index contributed by atoms with van der Waals surface area (Å²) in [6.07, 6.45) is -11.6. The summed E-state index contributed by atoms with van der Waals surface area (Å²) in [5, 5.41) is 45.3. The molecule has 4 aromatic rings. The van der Waals surface area contributed by atoms with E-state index < -0.39 is 155 Å². The molecule has 3 aliphatic carbocycles. The Hall–Kier alpha value is -7.72. The number of Topliss-reactive ketones (excluding diaryl/α,β-unsaturated/α-hetero) is 1. The second-order valence-electron chi connectivity index (χ2n) is 20.3. The Kier molecular flexibility index (Phi) is 15.7. The zero-order chi connectivity index (χ0) is 55.8. The summed E-state index contributed by atoms with van der Waals surface area (Å²) in [5.41, 5.74) is -8.82. The van der Waals surface area contributed by atoms with E-state index in [0.29, 0.717) is 0 Å². The molecule has 77 heavy (non-hydrogen) atoms. The highest BCUT2D eigenvalue weighted by Crippen LogP contribution is 2.64. The van der Waals surface area contributed by atoms with Gasteiger partial charge in [-0.2, -0.15) is 0 Å².